The average molecular weight is 402 g/mol. The molecule has 1 amide bonds. The number of thiocarbonyl (C=S) groups is 1. The Hall–Kier alpha value is -1.67. The van der Waals surface area contributed by atoms with Gasteiger partial charge in [0.25, 0.3) is 5.92 Å². The van der Waals surface area contributed by atoms with E-state index in [0.29, 0.717) is 23.6 Å². The van der Waals surface area contributed by atoms with Crippen molar-refractivity contribution in [3.8, 4) is 0 Å². The topological polar surface area (TPSA) is 50.4 Å². The second kappa shape index (κ2) is 8.56. The van der Waals surface area contributed by atoms with Gasteiger partial charge in [-0.1, -0.05) is 25.6 Å². The van der Waals surface area contributed by atoms with Crippen LogP contribution in [-0.2, 0) is 15.1 Å². The molecule has 0 aromatic heterocycles. The van der Waals surface area contributed by atoms with Crippen LogP contribution in [0.4, 0.5) is 18.9 Å². The molecule has 150 valence electrons. The van der Waals surface area contributed by atoms with Crippen LogP contribution in [0.3, 0.4) is 0 Å². The van der Waals surface area contributed by atoms with E-state index in [2.05, 4.69) is 10.6 Å². The second-order valence-electron chi connectivity index (χ2n) is 6.97. The fourth-order valence-electron chi connectivity index (χ4n) is 3.06. The van der Waals surface area contributed by atoms with E-state index >= 15 is 0 Å². The first-order valence-corrected chi connectivity index (χ1v) is 9.41. The van der Waals surface area contributed by atoms with E-state index < -0.39 is 35.5 Å². The van der Waals surface area contributed by atoms with Gasteiger partial charge in [-0.05, 0) is 38.5 Å². The monoisotopic (exact) mass is 402 g/mol. The summed E-state index contributed by atoms with van der Waals surface area (Å²) in [4.78, 5) is 12.4. The highest BCUT2D eigenvalue weighted by molar-refractivity contribution is 7.80. The normalized spacial score (nSPS) is 19.9. The van der Waals surface area contributed by atoms with Crippen LogP contribution < -0.4 is 10.6 Å². The number of hydrogen-bond donors (Lipinski definition) is 2. The summed E-state index contributed by atoms with van der Waals surface area (Å²) < 4.78 is 46.0. The summed E-state index contributed by atoms with van der Waals surface area (Å²) in [6.45, 7) is 6.36. The van der Waals surface area contributed by atoms with Crippen LogP contribution in [0.2, 0.25) is 0 Å². The lowest BCUT2D eigenvalue weighted by Crippen LogP contribution is -2.44. The lowest BCUT2D eigenvalue weighted by Gasteiger charge is -2.33. The van der Waals surface area contributed by atoms with E-state index in [1.54, 1.807) is 0 Å². The minimum atomic E-state index is -2.95. The Labute approximate surface area is 162 Å². The molecule has 1 fully saturated rings. The van der Waals surface area contributed by atoms with Crippen molar-refractivity contribution in [1.29, 1.82) is 0 Å². The van der Waals surface area contributed by atoms with Crippen LogP contribution in [0.5, 0.6) is 0 Å². The molecule has 2 N–H and O–H groups in total. The molecule has 0 spiro atoms. The number of rotatable bonds is 9. The molecule has 8 heteroatoms. The summed E-state index contributed by atoms with van der Waals surface area (Å²) in [5.74, 6) is -5.48. The fourth-order valence-corrected chi connectivity index (χ4v) is 3.36. The number of anilines is 1. The van der Waals surface area contributed by atoms with E-state index in [4.69, 9.17) is 17.0 Å². The third-order valence-electron chi connectivity index (χ3n) is 4.57. The largest absolute Gasteiger partial charge is 0.375 e. The van der Waals surface area contributed by atoms with Gasteiger partial charge >= 0.3 is 0 Å². The number of halogens is 3. The summed E-state index contributed by atoms with van der Waals surface area (Å²) in [5, 5.41) is 5.61. The minimum absolute atomic E-state index is 0.222. The van der Waals surface area contributed by atoms with E-state index in [1.807, 2.05) is 20.8 Å². The Morgan fingerprint density at radius 3 is 2.63 bits per heavy atom. The van der Waals surface area contributed by atoms with E-state index in [0.717, 1.165) is 6.42 Å². The van der Waals surface area contributed by atoms with Crippen molar-refractivity contribution < 1.29 is 22.7 Å². The van der Waals surface area contributed by atoms with Gasteiger partial charge in [0.1, 0.15) is 16.7 Å². The third kappa shape index (κ3) is 5.42. The molecule has 0 heterocycles. The lowest BCUT2D eigenvalue weighted by molar-refractivity contribution is -0.119. The number of hydrogen-bond acceptors (Lipinski definition) is 3. The van der Waals surface area contributed by atoms with Crippen molar-refractivity contribution >= 4 is 28.8 Å². The van der Waals surface area contributed by atoms with Crippen LogP contribution in [-0.4, -0.2) is 30.0 Å². The fraction of sp³-hybridized carbons (Fsp3) is 0.579. The van der Waals surface area contributed by atoms with Gasteiger partial charge in [0.2, 0.25) is 5.91 Å². The lowest BCUT2D eigenvalue weighted by atomic mass is 9.86. The maximum Gasteiger partial charge on any atom is 0.260 e. The summed E-state index contributed by atoms with van der Waals surface area (Å²) in [6.07, 6.45) is 0.882. The van der Waals surface area contributed by atoms with Crippen molar-refractivity contribution in [3.05, 3.63) is 29.6 Å². The Morgan fingerprint density at radius 1 is 1.41 bits per heavy atom. The molecule has 0 aliphatic heterocycles. The van der Waals surface area contributed by atoms with Gasteiger partial charge in [0.05, 0.1) is 12.1 Å². The smallest absolute Gasteiger partial charge is 0.260 e. The standard InChI is InChI=1S/C19H25F3N2O2S/c1-4-8-18(3,24-16(27)11-26-5-2)13-9-12(6-7-15(13)20)23-17(25)14-10-19(14,21)22/h6-7,9,14H,4-5,8,10-11H2,1-3H3,(H,23,25)(H,24,27)/t14?,18-/m0/s1. The van der Waals surface area contributed by atoms with E-state index in [1.165, 1.54) is 18.2 Å². The zero-order valence-electron chi connectivity index (χ0n) is 15.7. The van der Waals surface area contributed by atoms with Gasteiger partial charge in [0, 0.05) is 24.3 Å². The first-order chi connectivity index (χ1) is 12.6. The summed E-state index contributed by atoms with van der Waals surface area (Å²) in [5.41, 5.74) is -0.236. The molecule has 0 bridgehead atoms. The molecular weight excluding hydrogens is 377 g/mol. The predicted octanol–water partition coefficient (Wildman–Crippen LogP) is 4.39. The maximum absolute atomic E-state index is 14.6. The number of alkyl halides is 2. The van der Waals surface area contributed by atoms with Gasteiger partial charge < -0.3 is 15.4 Å². The zero-order chi connectivity index (χ0) is 20.2. The molecule has 1 aromatic carbocycles. The van der Waals surface area contributed by atoms with Crippen molar-refractivity contribution in [1.82, 2.24) is 5.32 Å². The van der Waals surface area contributed by atoms with Gasteiger partial charge in [-0.2, -0.15) is 0 Å². The van der Waals surface area contributed by atoms with Crippen molar-refractivity contribution in [2.45, 2.75) is 51.5 Å². The Morgan fingerprint density at radius 2 is 2.07 bits per heavy atom. The highest BCUT2D eigenvalue weighted by Crippen LogP contribution is 2.49. The number of nitrogens with one attached hydrogen (secondary N) is 2. The molecule has 1 aliphatic carbocycles. The van der Waals surface area contributed by atoms with Crippen LogP contribution in [0, 0.1) is 11.7 Å². The number of carbonyl (C=O) groups excluding carboxylic acids is 1. The SMILES string of the molecule is CCC[C@](C)(NC(=S)COCC)c1cc(NC(=O)C2CC2(F)F)ccc1F. The number of amides is 1. The molecule has 27 heavy (non-hydrogen) atoms. The molecule has 0 radical (unpaired) electrons. The Balaban J connectivity index is 2.22. The van der Waals surface area contributed by atoms with Gasteiger partial charge in [-0.15, -0.1) is 0 Å². The molecule has 4 nitrogen and oxygen atoms in total. The highest BCUT2D eigenvalue weighted by atomic mass is 32.1. The number of ether oxygens (including phenoxy) is 1. The van der Waals surface area contributed by atoms with Crippen LogP contribution in [0.25, 0.3) is 0 Å². The molecule has 1 saturated carbocycles. The molecule has 0 saturated heterocycles. The second-order valence-corrected chi connectivity index (χ2v) is 7.46. The highest BCUT2D eigenvalue weighted by Gasteiger charge is 2.61. The van der Waals surface area contributed by atoms with Crippen molar-refractivity contribution in [2.24, 2.45) is 5.92 Å². The third-order valence-corrected chi connectivity index (χ3v) is 4.79. The Bertz CT molecular complexity index is 714. The molecule has 2 atom stereocenters. The first-order valence-electron chi connectivity index (χ1n) is 9.00. The Kier molecular flexibility index (Phi) is 6.86. The number of carbonyl (C=O) groups is 1. The van der Waals surface area contributed by atoms with Crippen LogP contribution in [0.15, 0.2) is 18.2 Å². The van der Waals surface area contributed by atoms with Gasteiger partial charge in [-0.3, -0.25) is 4.79 Å². The molecule has 2 rings (SSSR count). The molecule has 1 aliphatic rings. The van der Waals surface area contributed by atoms with E-state index in [9.17, 15) is 18.0 Å². The number of benzene rings is 1. The summed E-state index contributed by atoms with van der Waals surface area (Å²) >= 11 is 5.28. The average Bonchev–Trinajstić information content (AvgIpc) is 3.23. The van der Waals surface area contributed by atoms with Crippen molar-refractivity contribution in [2.75, 3.05) is 18.5 Å². The molecule has 1 aromatic rings. The van der Waals surface area contributed by atoms with E-state index in [-0.39, 0.29) is 12.3 Å². The first kappa shape index (κ1) is 21.6. The van der Waals surface area contributed by atoms with Gasteiger partial charge in [-0.25, -0.2) is 13.2 Å². The van der Waals surface area contributed by atoms with Crippen LogP contribution in [0.1, 0.15) is 45.6 Å². The maximum atomic E-state index is 14.6. The molecular formula is C19H25F3N2O2S. The predicted molar refractivity (Wildman–Crippen MR) is 103 cm³/mol. The van der Waals surface area contributed by atoms with Crippen molar-refractivity contribution in [3.63, 3.8) is 0 Å². The quantitative estimate of drug-likeness (QED) is 0.602. The van der Waals surface area contributed by atoms with Gasteiger partial charge in [0.15, 0.2) is 0 Å². The minimum Gasteiger partial charge on any atom is -0.375 e. The molecule has 1 unspecified atom stereocenters. The zero-order valence-corrected chi connectivity index (χ0v) is 16.5. The van der Waals surface area contributed by atoms with Crippen LogP contribution >= 0.6 is 12.2 Å². The summed E-state index contributed by atoms with van der Waals surface area (Å²) in [7, 11) is 0. The summed E-state index contributed by atoms with van der Waals surface area (Å²) in [6, 6.07) is 4.05.